The number of thioether (sulfide) groups is 1. The number of carbonyl (C=O) groups excluding carboxylic acids is 2. The molecule has 0 radical (unpaired) electrons. The average Bonchev–Trinajstić information content (AvgIpc) is 2.56. The molecule has 0 unspecified atom stereocenters. The highest BCUT2D eigenvalue weighted by atomic mass is 32.2. The minimum absolute atomic E-state index is 0.0343. The van der Waals surface area contributed by atoms with Crippen LogP contribution >= 0.6 is 11.8 Å². The summed E-state index contributed by atoms with van der Waals surface area (Å²) >= 11 is 1.63. The van der Waals surface area contributed by atoms with Gasteiger partial charge in [0.05, 0.1) is 6.61 Å². The van der Waals surface area contributed by atoms with E-state index in [0.717, 1.165) is 28.9 Å². The molecule has 1 saturated heterocycles. The van der Waals surface area contributed by atoms with Gasteiger partial charge in [0.1, 0.15) is 0 Å². The third-order valence-electron chi connectivity index (χ3n) is 4.05. The van der Waals surface area contributed by atoms with Gasteiger partial charge in [-0.1, -0.05) is 6.07 Å². The Bertz CT molecular complexity index is 569. The molecular weight excluding hydrogens is 312 g/mol. The summed E-state index contributed by atoms with van der Waals surface area (Å²) in [4.78, 5) is 27.0. The van der Waals surface area contributed by atoms with Crippen LogP contribution in [0.3, 0.4) is 0 Å². The molecule has 1 aromatic rings. The van der Waals surface area contributed by atoms with E-state index >= 15 is 0 Å². The van der Waals surface area contributed by atoms with Crippen LogP contribution in [-0.4, -0.2) is 48.9 Å². The van der Waals surface area contributed by atoms with Crippen LogP contribution in [0.25, 0.3) is 0 Å². The van der Waals surface area contributed by atoms with Crippen LogP contribution in [0.2, 0.25) is 0 Å². The molecule has 0 aromatic heterocycles. The Hall–Kier alpha value is -1.69. The summed E-state index contributed by atoms with van der Waals surface area (Å²) in [5, 5.41) is 3.09. The molecule has 1 heterocycles. The number of hydrogen-bond donors (Lipinski definition) is 1. The highest BCUT2D eigenvalue weighted by Gasteiger charge is 2.25. The van der Waals surface area contributed by atoms with Crippen molar-refractivity contribution < 1.29 is 14.3 Å². The normalized spacial score (nSPS) is 15.3. The van der Waals surface area contributed by atoms with E-state index in [4.69, 9.17) is 4.74 Å². The highest BCUT2D eigenvalue weighted by molar-refractivity contribution is 7.98. The van der Waals surface area contributed by atoms with Crippen molar-refractivity contribution in [3.63, 3.8) is 0 Å². The average molecular weight is 336 g/mol. The first-order valence-electron chi connectivity index (χ1n) is 7.92. The van der Waals surface area contributed by atoms with Gasteiger partial charge >= 0.3 is 6.09 Å². The smallest absolute Gasteiger partial charge is 0.409 e. The van der Waals surface area contributed by atoms with Gasteiger partial charge in [-0.15, -0.1) is 11.8 Å². The molecule has 1 fully saturated rings. The van der Waals surface area contributed by atoms with E-state index < -0.39 is 0 Å². The summed E-state index contributed by atoms with van der Waals surface area (Å²) in [6.45, 7) is 5.38. The fraction of sp³-hybridized carbons (Fsp3) is 0.529. The van der Waals surface area contributed by atoms with Crippen molar-refractivity contribution >= 4 is 23.8 Å². The zero-order valence-corrected chi connectivity index (χ0v) is 14.7. The van der Waals surface area contributed by atoms with Crippen LogP contribution in [0.5, 0.6) is 0 Å². The van der Waals surface area contributed by atoms with Gasteiger partial charge in [0.2, 0.25) is 0 Å². The molecule has 2 rings (SSSR count). The Balaban J connectivity index is 1.91. The molecule has 23 heavy (non-hydrogen) atoms. The second kappa shape index (κ2) is 8.24. The minimum atomic E-state index is -0.263. The first kappa shape index (κ1) is 17.7. The quantitative estimate of drug-likeness (QED) is 0.859. The molecule has 126 valence electrons. The lowest BCUT2D eigenvalue weighted by Crippen LogP contribution is -2.46. The molecule has 6 heteroatoms. The van der Waals surface area contributed by atoms with Crippen molar-refractivity contribution in [3.05, 3.63) is 29.3 Å². The molecular formula is C17H24N2O3S. The van der Waals surface area contributed by atoms with E-state index in [2.05, 4.69) is 5.32 Å². The number of nitrogens with one attached hydrogen (secondary N) is 1. The van der Waals surface area contributed by atoms with Gasteiger partial charge < -0.3 is 15.0 Å². The van der Waals surface area contributed by atoms with E-state index in [1.54, 1.807) is 23.6 Å². The third-order valence-corrected chi connectivity index (χ3v) is 4.77. The van der Waals surface area contributed by atoms with Crippen LogP contribution in [0.15, 0.2) is 23.1 Å². The van der Waals surface area contributed by atoms with Gasteiger partial charge in [-0.2, -0.15) is 0 Å². The summed E-state index contributed by atoms with van der Waals surface area (Å²) in [5.41, 5.74) is 1.70. The maximum absolute atomic E-state index is 12.5. The van der Waals surface area contributed by atoms with Gasteiger partial charge in [-0.25, -0.2) is 4.79 Å². The Morgan fingerprint density at radius 1 is 1.35 bits per heavy atom. The van der Waals surface area contributed by atoms with Crippen molar-refractivity contribution in [3.8, 4) is 0 Å². The van der Waals surface area contributed by atoms with Crippen LogP contribution in [0.4, 0.5) is 4.79 Å². The van der Waals surface area contributed by atoms with Crippen LogP contribution in [0.1, 0.15) is 35.7 Å². The van der Waals surface area contributed by atoms with Crippen LogP contribution in [0, 0.1) is 6.92 Å². The first-order valence-corrected chi connectivity index (χ1v) is 9.14. The number of hydrogen-bond acceptors (Lipinski definition) is 4. The van der Waals surface area contributed by atoms with E-state index in [9.17, 15) is 9.59 Å². The van der Waals surface area contributed by atoms with Gasteiger partial charge in [0.15, 0.2) is 0 Å². The van der Waals surface area contributed by atoms with Gasteiger partial charge in [-0.05, 0) is 50.6 Å². The molecule has 0 bridgehead atoms. The summed E-state index contributed by atoms with van der Waals surface area (Å²) < 4.78 is 5.01. The number of benzene rings is 1. The number of carbonyl (C=O) groups is 2. The van der Waals surface area contributed by atoms with Gasteiger partial charge in [0, 0.05) is 29.6 Å². The number of ether oxygens (including phenoxy) is 1. The van der Waals surface area contributed by atoms with Gasteiger partial charge in [-0.3, -0.25) is 4.79 Å². The minimum Gasteiger partial charge on any atom is -0.450 e. The van der Waals surface area contributed by atoms with Crippen molar-refractivity contribution in [2.75, 3.05) is 26.0 Å². The van der Waals surface area contributed by atoms with E-state index in [1.165, 1.54) is 0 Å². The summed E-state index contributed by atoms with van der Waals surface area (Å²) in [5.74, 6) is -0.0343. The first-order chi connectivity index (χ1) is 11.0. The predicted molar refractivity (Wildman–Crippen MR) is 92.0 cm³/mol. The highest BCUT2D eigenvalue weighted by Crippen LogP contribution is 2.20. The maximum atomic E-state index is 12.5. The lowest BCUT2D eigenvalue weighted by Gasteiger charge is -2.31. The fourth-order valence-electron chi connectivity index (χ4n) is 2.66. The Morgan fingerprint density at radius 3 is 2.65 bits per heavy atom. The topological polar surface area (TPSA) is 58.6 Å². The molecule has 1 N–H and O–H groups in total. The third kappa shape index (κ3) is 4.64. The second-order valence-electron chi connectivity index (χ2n) is 5.61. The summed E-state index contributed by atoms with van der Waals surface area (Å²) in [6.07, 6.45) is 3.25. The number of amides is 2. The molecule has 0 aliphatic carbocycles. The summed E-state index contributed by atoms with van der Waals surface area (Å²) in [7, 11) is 0. The largest absolute Gasteiger partial charge is 0.450 e. The molecule has 1 aliphatic heterocycles. The molecule has 5 nitrogen and oxygen atoms in total. The Kier molecular flexibility index (Phi) is 6.33. The maximum Gasteiger partial charge on any atom is 0.409 e. The second-order valence-corrected chi connectivity index (χ2v) is 6.49. The van der Waals surface area contributed by atoms with Crippen molar-refractivity contribution in [2.45, 2.75) is 37.6 Å². The summed E-state index contributed by atoms with van der Waals surface area (Å²) in [6, 6.07) is 6.03. The number of piperidine rings is 1. The van der Waals surface area contributed by atoms with Gasteiger partial charge in [0.25, 0.3) is 5.91 Å². The van der Waals surface area contributed by atoms with Crippen molar-refractivity contribution in [1.29, 1.82) is 0 Å². The Labute approximate surface area is 141 Å². The van der Waals surface area contributed by atoms with Crippen LogP contribution in [-0.2, 0) is 4.74 Å². The molecule has 2 amide bonds. The van der Waals surface area contributed by atoms with E-state index in [0.29, 0.717) is 19.7 Å². The molecule has 1 aliphatic rings. The number of aryl methyl sites for hydroxylation is 1. The number of rotatable bonds is 4. The number of likely N-dealkylation sites (tertiary alicyclic amines) is 1. The van der Waals surface area contributed by atoms with Crippen LogP contribution < -0.4 is 5.32 Å². The van der Waals surface area contributed by atoms with E-state index in [-0.39, 0.29) is 18.0 Å². The zero-order chi connectivity index (χ0) is 16.8. The predicted octanol–water partition coefficient (Wildman–Crippen LogP) is 3.07. The lowest BCUT2D eigenvalue weighted by atomic mass is 10.0. The molecule has 0 spiro atoms. The monoisotopic (exact) mass is 336 g/mol. The van der Waals surface area contributed by atoms with Crippen molar-refractivity contribution in [2.24, 2.45) is 0 Å². The fourth-order valence-corrected chi connectivity index (χ4v) is 3.10. The Morgan fingerprint density at radius 2 is 2.04 bits per heavy atom. The molecule has 0 saturated carbocycles. The standard InChI is InChI=1S/C17H24N2O3S/c1-4-22-17(21)19-9-7-13(8-10-19)18-16(20)15-11-14(23-3)6-5-12(15)2/h5-6,11,13H,4,7-10H2,1-3H3,(H,18,20). The zero-order valence-electron chi connectivity index (χ0n) is 13.9. The van der Waals surface area contributed by atoms with Crippen molar-refractivity contribution in [1.82, 2.24) is 10.2 Å². The number of nitrogens with zero attached hydrogens (tertiary/aromatic N) is 1. The molecule has 1 aromatic carbocycles. The lowest BCUT2D eigenvalue weighted by molar-refractivity contribution is 0.0859. The van der Waals surface area contributed by atoms with E-state index in [1.807, 2.05) is 31.4 Å². The SMILES string of the molecule is CCOC(=O)N1CCC(NC(=O)c2cc(SC)ccc2C)CC1. The molecule has 0 atom stereocenters.